The fraction of sp³-hybridized carbons (Fsp3) is 0.571. The van der Waals surface area contributed by atoms with Gasteiger partial charge < -0.3 is 5.32 Å². The lowest BCUT2D eigenvalue weighted by Gasteiger charge is -2.25. The van der Waals surface area contributed by atoms with Gasteiger partial charge in [0.25, 0.3) is 0 Å². The van der Waals surface area contributed by atoms with Gasteiger partial charge in [-0.1, -0.05) is 28.1 Å². The normalized spacial score (nSPS) is 28.8. The van der Waals surface area contributed by atoms with E-state index in [-0.39, 0.29) is 12.4 Å². The van der Waals surface area contributed by atoms with Crippen molar-refractivity contribution in [1.29, 1.82) is 0 Å². The molecule has 0 radical (unpaired) electrons. The van der Waals surface area contributed by atoms with Crippen LogP contribution in [0.4, 0.5) is 0 Å². The molecule has 4 heteroatoms. The minimum Gasteiger partial charge on any atom is -0.316 e. The zero-order valence-electron chi connectivity index (χ0n) is 10.6. The SMILES string of the molecule is CC(c1ccc(Br)cc1)N1C[C@H]2CNC[C@H]2C1.Cl. The van der Waals surface area contributed by atoms with Crippen LogP contribution in [-0.4, -0.2) is 31.1 Å². The first-order valence-electron chi connectivity index (χ1n) is 6.44. The van der Waals surface area contributed by atoms with Crippen LogP contribution in [0.3, 0.4) is 0 Å². The highest BCUT2D eigenvalue weighted by atomic mass is 79.9. The molecule has 1 aromatic rings. The number of nitrogens with zero attached hydrogens (tertiary/aromatic N) is 1. The molecule has 2 saturated heterocycles. The maximum absolute atomic E-state index is 3.50. The van der Waals surface area contributed by atoms with Crippen molar-refractivity contribution in [2.45, 2.75) is 13.0 Å². The van der Waals surface area contributed by atoms with E-state index in [0.717, 1.165) is 16.3 Å². The zero-order valence-corrected chi connectivity index (χ0v) is 13.0. The summed E-state index contributed by atoms with van der Waals surface area (Å²) >= 11 is 3.50. The van der Waals surface area contributed by atoms with Crippen LogP contribution >= 0.6 is 28.3 Å². The van der Waals surface area contributed by atoms with Crippen molar-refractivity contribution < 1.29 is 0 Å². The molecule has 3 atom stereocenters. The average molecular weight is 332 g/mol. The van der Waals surface area contributed by atoms with Crippen molar-refractivity contribution >= 4 is 28.3 Å². The van der Waals surface area contributed by atoms with Crippen molar-refractivity contribution in [2.24, 2.45) is 11.8 Å². The molecule has 2 aliphatic rings. The van der Waals surface area contributed by atoms with Gasteiger partial charge in [-0.15, -0.1) is 12.4 Å². The zero-order chi connectivity index (χ0) is 11.8. The third kappa shape index (κ3) is 2.74. The van der Waals surface area contributed by atoms with Crippen molar-refractivity contribution in [3.63, 3.8) is 0 Å². The van der Waals surface area contributed by atoms with E-state index in [9.17, 15) is 0 Å². The van der Waals surface area contributed by atoms with Crippen LogP contribution in [0, 0.1) is 11.8 Å². The molecule has 2 aliphatic heterocycles. The molecule has 2 heterocycles. The third-order valence-corrected chi connectivity index (χ3v) is 4.85. The number of nitrogens with one attached hydrogen (secondary N) is 1. The first-order chi connectivity index (χ1) is 8.24. The second-order valence-electron chi connectivity index (χ2n) is 5.36. The molecule has 1 aromatic carbocycles. The smallest absolute Gasteiger partial charge is 0.0320 e. The number of hydrogen-bond donors (Lipinski definition) is 1. The van der Waals surface area contributed by atoms with Crippen molar-refractivity contribution in [3.05, 3.63) is 34.3 Å². The molecule has 2 nitrogen and oxygen atoms in total. The number of hydrogen-bond acceptors (Lipinski definition) is 2. The number of halogens is 2. The fourth-order valence-corrected chi connectivity index (χ4v) is 3.42. The van der Waals surface area contributed by atoms with Crippen LogP contribution in [0.15, 0.2) is 28.7 Å². The lowest BCUT2D eigenvalue weighted by molar-refractivity contribution is 0.244. The first kappa shape index (κ1) is 14.3. The third-order valence-electron chi connectivity index (χ3n) is 4.32. The summed E-state index contributed by atoms with van der Waals surface area (Å²) in [5, 5.41) is 3.50. The number of rotatable bonds is 2. The molecule has 0 aromatic heterocycles. The predicted molar refractivity (Wildman–Crippen MR) is 81.2 cm³/mol. The lowest BCUT2D eigenvalue weighted by atomic mass is 10.0. The van der Waals surface area contributed by atoms with Crippen LogP contribution in [0.1, 0.15) is 18.5 Å². The van der Waals surface area contributed by atoms with Crippen molar-refractivity contribution in [3.8, 4) is 0 Å². The van der Waals surface area contributed by atoms with Gasteiger partial charge in [0.1, 0.15) is 0 Å². The Hall–Kier alpha value is -0.0900. The highest BCUT2D eigenvalue weighted by Gasteiger charge is 2.37. The van der Waals surface area contributed by atoms with E-state index < -0.39 is 0 Å². The van der Waals surface area contributed by atoms with Crippen molar-refractivity contribution in [2.75, 3.05) is 26.2 Å². The summed E-state index contributed by atoms with van der Waals surface area (Å²) in [6, 6.07) is 9.31. The average Bonchev–Trinajstić information content (AvgIpc) is 2.89. The molecule has 1 unspecified atom stereocenters. The van der Waals surface area contributed by atoms with Gasteiger partial charge in [-0.2, -0.15) is 0 Å². The molecule has 2 fully saturated rings. The molecule has 0 amide bonds. The van der Waals surface area contributed by atoms with Gasteiger partial charge in [0.2, 0.25) is 0 Å². The van der Waals surface area contributed by atoms with Gasteiger partial charge in [0.05, 0.1) is 0 Å². The molecule has 1 N–H and O–H groups in total. The molecule has 100 valence electrons. The Kier molecular flexibility index (Phi) is 4.70. The monoisotopic (exact) mass is 330 g/mol. The summed E-state index contributed by atoms with van der Waals surface area (Å²) in [5.41, 5.74) is 1.43. The lowest BCUT2D eigenvalue weighted by Crippen LogP contribution is -2.28. The van der Waals surface area contributed by atoms with E-state index in [0.29, 0.717) is 6.04 Å². The minimum atomic E-state index is 0. The number of likely N-dealkylation sites (tertiary alicyclic amines) is 1. The standard InChI is InChI=1S/C14H19BrN2.ClH/c1-10(11-2-4-14(15)5-3-11)17-8-12-6-16-7-13(12)9-17;/h2-5,10,12-13,16H,6-9H2,1H3;1H/t10?,12-,13+;. The highest BCUT2D eigenvalue weighted by molar-refractivity contribution is 9.10. The highest BCUT2D eigenvalue weighted by Crippen LogP contribution is 2.32. The second-order valence-corrected chi connectivity index (χ2v) is 6.28. The van der Waals surface area contributed by atoms with Crippen molar-refractivity contribution in [1.82, 2.24) is 10.2 Å². The Labute approximate surface area is 124 Å². The van der Waals surface area contributed by atoms with Crippen LogP contribution < -0.4 is 5.32 Å². The maximum atomic E-state index is 3.50. The molecule has 0 bridgehead atoms. The van der Waals surface area contributed by atoms with Gasteiger partial charge in [-0.05, 0) is 49.5 Å². The van der Waals surface area contributed by atoms with E-state index in [1.807, 2.05) is 0 Å². The first-order valence-corrected chi connectivity index (χ1v) is 7.23. The fourth-order valence-electron chi connectivity index (χ4n) is 3.16. The Morgan fingerprint density at radius 3 is 2.28 bits per heavy atom. The molecule has 0 aliphatic carbocycles. The van der Waals surface area contributed by atoms with Gasteiger partial charge in [0.15, 0.2) is 0 Å². The largest absolute Gasteiger partial charge is 0.316 e. The Morgan fingerprint density at radius 2 is 1.72 bits per heavy atom. The van der Waals surface area contributed by atoms with Gasteiger partial charge in [-0.3, -0.25) is 4.90 Å². The Balaban J connectivity index is 0.00000120. The van der Waals surface area contributed by atoms with Crippen LogP contribution in [0.2, 0.25) is 0 Å². The number of fused-ring (bicyclic) bond motifs is 1. The van der Waals surface area contributed by atoms with E-state index in [1.54, 1.807) is 0 Å². The van der Waals surface area contributed by atoms with Crippen LogP contribution in [0.5, 0.6) is 0 Å². The second kappa shape index (κ2) is 5.91. The Bertz CT molecular complexity index is 383. The van der Waals surface area contributed by atoms with E-state index in [4.69, 9.17) is 0 Å². The summed E-state index contributed by atoms with van der Waals surface area (Å²) in [5.74, 6) is 1.76. The summed E-state index contributed by atoms with van der Waals surface area (Å²) < 4.78 is 1.16. The number of benzene rings is 1. The molecule has 0 saturated carbocycles. The summed E-state index contributed by atoms with van der Waals surface area (Å²) in [6.45, 7) is 7.28. The van der Waals surface area contributed by atoms with Gasteiger partial charge >= 0.3 is 0 Å². The Morgan fingerprint density at radius 1 is 1.17 bits per heavy atom. The quantitative estimate of drug-likeness (QED) is 0.896. The van der Waals surface area contributed by atoms with Gasteiger partial charge in [-0.25, -0.2) is 0 Å². The van der Waals surface area contributed by atoms with E-state index in [1.165, 1.54) is 31.7 Å². The van der Waals surface area contributed by atoms with E-state index in [2.05, 4.69) is 57.3 Å². The summed E-state index contributed by atoms with van der Waals surface area (Å²) in [6.07, 6.45) is 0. The molecule has 18 heavy (non-hydrogen) atoms. The molecule has 0 spiro atoms. The van der Waals surface area contributed by atoms with Crippen LogP contribution in [0.25, 0.3) is 0 Å². The summed E-state index contributed by atoms with van der Waals surface area (Å²) in [4.78, 5) is 2.64. The topological polar surface area (TPSA) is 15.3 Å². The summed E-state index contributed by atoms with van der Waals surface area (Å²) in [7, 11) is 0. The maximum Gasteiger partial charge on any atom is 0.0320 e. The van der Waals surface area contributed by atoms with Crippen LogP contribution in [-0.2, 0) is 0 Å². The molecule has 3 rings (SSSR count). The molecular weight excluding hydrogens is 312 g/mol. The van der Waals surface area contributed by atoms with Gasteiger partial charge in [0, 0.05) is 23.6 Å². The molecular formula is C14H20BrClN2. The van der Waals surface area contributed by atoms with E-state index >= 15 is 0 Å². The predicted octanol–water partition coefficient (Wildman–Crippen LogP) is 3.08. The minimum absolute atomic E-state index is 0.